The Hall–Kier alpha value is -0.920. The molecular formula is C10H17NO. The van der Waals surface area contributed by atoms with Crippen molar-refractivity contribution >= 4 is 0 Å². The number of allylic oxidation sites excluding steroid dienone is 1. The SMILES string of the molecule is CCCCN(C)C1=COC=CC1. The molecule has 0 N–H and O–H groups in total. The Morgan fingerprint density at radius 3 is 3.00 bits per heavy atom. The largest absolute Gasteiger partial charge is 0.471 e. The second-order valence-corrected chi connectivity index (χ2v) is 3.10. The zero-order valence-electron chi connectivity index (χ0n) is 7.92. The van der Waals surface area contributed by atoms with Crippen LogP contribution in [-0.4, -0.2) is 18.5 Å². The lowest BCUT2D eigenvalue weighted by molar-refractivity contribution is 0.330. The Balaban J connectivity index is 2.30. The third-order valence-corrected chi connectivity index (χ3v) is 2.04. The highest BCUT2D eigenvalue weighted by atomic mass is 16.5. The van der Waals surface area contributed by atoms with Crippen molar-refractivity contribution < 1.29 is 4.74 Å². The molecular weight excluding hydrogens is 150 g/mol. The first kappa shape index (κ1) is 9.17. The number of rotatable bonds is 4. The van der Waals surface area contributed by atoms with Crippen LogP contribution in [0.5, 0.6) is 0 Å². The molecule has 1 heterocycles. The fraction of sp³-hybridized carbons (Fsp3) is 0.600. The molecule has 1 rings (SSSR count). The summed E-state index contributed by atoms with van der Waals surface area (Å²) in [5, 5.41) is 0. The molecule has 0 radical (unpaired) electrons. The maximum absolute atomic E-state index is 5.10. The minimum Gasteiger partial charge on any atom is -0.471 e. The average molecular weight is 167 g/mol. The van der Waals surface area contributed by atoms with Gasteiger partial charge in [0.15, 0.2) is 0 Å². The fourth-order valence-electron chi connectivity index (χ4n) is 1.18. The summed E-state index contributed by atoms with van der Waals surface area (Å²) < 4.78 is 5.10. The number of unbranched alkanes of at least 4 members (excludes halogenated alkanes) is 1. The number of hydrogen-bond donors (Lipinski definition) is 0. The highest BCUT2D eigenvalue weighted by molar-refractivity contribution is 5.06. The van der Waals surface area contributed by atoms with Crippen molar-refractivity contribution in [1.29, 1.82) is 0 Å². The predicted molar refractivity (Wildman–Crippen MR) is 50.5 cm³/mol. The molecule has 0 saturated heterocycles. The van der Waals surface area contributed by atoms with Gasteiger partial charge in [-0.15, -0.1) is 0 Å². The van der Waals surface area contributed by atoms with Crippen molar-refractivity contribution in [3.05, 3.63) is 24.3 Å². The van der Waals surface area contributed by atoms with Gasteiger partial charge in [0.1, 0.15) is 6.26 Å². The van der Waals surface area contributed by atoms with Crippen molar-refractivity contribution in [1.82, 2.24) is 4.90 Å². The monoisotopic (exact) mass is 167 g/mol. The van der Waals surface area contributed by atoms with E-state index < -0.39 is 0 Å². The second kappa shape index (κ2) is 4.86. The van der Waals surface area contributed by atoms with E-state index in [0.29, 0.717) is 0 Å². The van der Waals surface area contributed by atoms with Crippen LogP contribution in [0.25, 0.3) is 0 Å². The molecule has 0 bridgehead atoms. The summed E-state index contributed by atoms with van der Waals surface area (Å²) in [6.07, 6.45) is 9.09. The summed E-state index contributed by atoms with van der Waals surface area (Å²) in [6.45, 7) is 3.33. The number of ether oxygens (including phenoxy) is 1. The van der Waals surface area contributed by atoms with Gasteiger partial charge in [0.2, 0.25) is 0 Å². The van der Waals surface area contributed by atoms with Crippen LogP contribution in [-0.2, 0) is 4.74 Å². The molecule has 1 aliphatic heterocycles. The summed E-state index contributed by atoms with van der Waals surface area (Å²) in [6, 6.07) is 0. The molecule has 0 fully saturated rings. The molecule has 0 aromatic carbocycles. The highest BCUT2D eigenvalue weighted by Crippen LogP contribution is 2.12. The maximum Gasteiger partial charge on any atom is 0.110 e. The van der Waals surface area contributed by atoms with Gasteiger partial charge >= 0.3 is 0 Å². The van der Waals surface area contributed by atoms with Gasteiger partial charge in [0.05, 0.1) is 12.0 Å². The minimum atomic E-state index is 1.00. The molecule has 0 spiro atoms. The summed E-state index contributed by atoms with van der Waals surface area (Å²) >= 11 is 0. The van der Waals surface area contributed by atoms with Crippen molar-refractivity contribution in [2.45, 2.75) is 26.2 Å². The van der Waals surface area contributed by atoms with Crippen molar-refractivity contribution in [2.75, 3.05) is 13.6 Å². The van der Waals surface area contributed by atoms with E-state index in [1.54, 1.807) is 6.26 Å². The minimum absolute atomic E-state index is 1.00. The molecule has 0 unspecified atom stereocenters. The fourth-order valence-corrected chi connectivity index (χ4v) is 1.18. The summed E-state index contributed by atoms with van der Waals surface area (Å²) in [5.41, 5.74) is 1.27. The van der Waals surface area contributed by atoms with Crippen molar-refractivity contribution in [2.24, 2.45) is 0 Å². The smallest absolute Gasteiger partial charge is 0.110 e. The Bertz CT molecular complexity index is 184. The van der Waals surface area contributed by atoms with Gasteiger partial charge in [-0.2, -0.15) is 0 Å². The zero-order chi connectivity index (χ0) is 8.81. The van der Waals surface area contributed by atoms with E-state index in [-0.39, 0.29) is 0 Å². The van der Waals surface area contributed by atoms with Crippen LogP contribution in [0.3, 0.4) is 0 Å². The average Bonchev–Trinajstić information content (AvgIpc) is 2.15. The van der Waals surface area contributed by atoms with E-state index in [0.717, 1.165) is 13.0 Å². The Morgan fingerprint density at radius 1 is 1.58 bits per heavy atom. The first-order valence-electron chi connectivity index (χ1n) is 4.55. The number of nitrogens with zero attached hydrogens (tertiary/aromatic N) is 1. The summed E-state index contributed by atoms with van der Waals surface area (Å²) in [5.74, 6) is 0. The van der Waals surface area contributed by atoms with Crippen LogP contribution in [0.1, 0.15) is 26.2 Å². The molecule has 0 aromatic rings. The van der Waals surface area contributed by atoms with Crippen LogP contribution >= 0.6 is 0 Å². The van der Waals surface area contributed by atoms with E-state index in [9.17, 15) is 0 Å². The van der Waals surface area contributed by atoms with Gasteiger partial charge in [-0.3, -0.25) is 0 Å². The molecule has 2 heteroatoms. The molecule has 0 aliphatic carbocycles. The van der Waals surface area contributed by atoms with Gasteiger partial charge in [-0.1, -0.05) is 13.3 Å². The molecule has 0 saturated carbocycles. The first-order chi connectivity index (χ1) is 5.84. The summed E-state index contributed by atoms with van der Waals surface area (Å²) in [4.78, 5) is 2.26. The van der Waals surface area contributed by atoms with E-state index in [1.807, 2.05) is 12.3 Å². The highest BCUT2D eigenvalue weighted by Gasteiger charge is 2.04. The van der Waals surface area contributed by atoms with E-state index in [1.165, 1.54) is 18.5 Å². The standard InChI is InChI=1S/C10H17NO/c1-3-4-7-11(2)10-6-5-8-12-9-10/h5,8-9H,3-4,6-7H2,1-2H3. The molecule has 68 valence electrons. The quantitative estimate of drug-likeness (QED) is 0.638. The molecule has 1 aliphatic rings. The lowest BCUT2D eigenvalue weighted by Gasteiger charge is -2.22. The second-order valence-electron chi connectivity index (χ2n) is 3.10. The first-order valence-corrected chi connectivity index (χ1v) is 4.55. The van der Waals surface area contributed by atoms with E-state index >= 15 is 0 Å². The van der Waals surface area contributed by atoms with E-state index in [2.05, 4.69) is 18.9 Å². The Kier molecular flexibility index (Phi) is 3.71. The summed E-state index contributed by atoms with van der Waals surface area (Å²) in [7, 11) is 2.12. The van der Waals surface area contributed by atoms with Crippen LogP contribution in [0, 0.1) is 0 Å². The van der Waals surface area contributed by atoms with Crippen LogP contribution < -0.4 is 0 Å². The van der Waals surface area contributed by atoms with Gasteiger partial charge in [0, 0.05) is 20.0 Å². The predicted octanol–water partition coefficient (Wildman–Crippen LogP) is 2.49. The Labute approximate surface area is 74.5 Å². The third-order valence-electron chi connectivity index (χ3n) is 2.04. The topological polar surface area (TPSA) is 12.5 Å². The zero-order valence-corrected chi connectivity index (χ0v) is 7.92. The van der Waals surface area contributed by atoms with Gasteiger partial charge < -0.3 is 9.64 Å². The normalized spacial score (nSPS) is 15.3. The molecule has 0 aromatic heterocycles. The van der Waals surface area contributed by atoms with Crippen LogP contribution in [0.2, 0.25) is 0 Å². The van der Waals surface area contributed by atoms with Gasteiger partial charge in [0.25, 0.3) is 0 Å². The van der Waals surface area contributed by atoms with Crippen LogP contribution in [0.15, 0.2) is 24.3 Å². The molecule has 0 amide bonds. The van der Waals surface area contributed by atoms with Gasteiger partial charge in [-0.05, 0) is 12.5 Å². The Morgan fingerprint density at radius 2 is 2.42 bits per heavy atom. The van der Waals surface area contributed by atoms with Crippen LogP contribution in [0.4, 0.5) is 0 Å². The number of hydrogen-bond acceptors (Lipinski definition) is 2. The van der Waals surface area contributed by atoms with Crippen molar-refractivity contribution in [3.63, 3.8) is 0 Å². The maximum atomic E-state index is 5.10. The lowest BCUT2D eigenvalue weighted by atomic mass is 10.2. The molecule has 0 atom stereocenters. The van der Waals surface area contributed by atoms with E-state index in [4.69, 9.17) is 4.74 Å². The van der Waals surface area contributed by atoms with Gasteiger partial charge in [-0.25, -0.2) is 0 Å². The molecule has 12 heavy (non-hydrogen) atoms. The van der Waals surface area contributed by atoms with Crippen molar-refractivity contribution in [3.8, 4) is 0 Å². The third kappa shape index (κ3) is 2.61. The molecule has 2 nitrogen and oxygen atoms in total. The lowest BCUT2D eigenvalue weighted by Crippen LogP contribution is -2.19.